The van der Waals surface area contributed by atoms with Gasteiger partial charge < -0.3 is 4.42 Å². The smallest absolute Gasteiger partial charge is 0.191 e. The molecule has 0 atom stereocenters. The second-order valence-corrected chi connectivity index (χ2v) is 2.49. The van der Waals surface area contributed by atoms with Gasteiger partial charge in [0.1, 0.15) is 5.76 Å². The van der Waals surface area contributed by atoms with Crippen molar-refractivity contribution in [2.75, 3.05) is 0 Å². The standard InChI is InChI=1S/C8H13NO/c1-4-5-8-6(2)9-7(3)10-8/h4-5H2,1-3H3. The van der Waals surface area contributed by atoms with Gasteiger partial charge in [0.15, 0.2) is 5.89 Å². The molecule has 0 N–H and O–H groups in total. The van der Waals surface area contributed by atoms with E-state index >= 15 is 0 Å². The zero-order valence-corrected chi connectivity index (χ0v) is 6.77. The van der Waals surface area contributed by atoms with E-state index in [0.29, 0.717) is 0 Å². The van der Waals surface area contributed by atoms with Crippen LogP contribution in [0.5, 0.6) is 0 Å². The molecule has 1 rings (SSSR count). The van der Waals surface area contributed by atoms with Gasteiger partial charge in [-0.05, 0) is 13.3 Å². The Morgan fingerprint density at radius 1 is 1.40 bits per heavy atom. The highest BCUT2D eigenvalue weighted by Gasteiger charge is 2.03. The molecule has 0 amide bonds. The van der Waals surface area contributed by atoms with Crippen LogP contribution in [-0.2, 0) is 6.42 Å². The summed E-state index contributed by atoms with van der Waals surface area (Å²) < 4.78 is 5.34. The molecule has 0 aliphatic carbocycles. The van der Waals surface area contributed by atoms with Crippen molar-refractivity contribution in [2.45, 2.75) is 33.6 Å². The second-order valence-electron chi connectivity index (χ2n) is 2.49. The van der Waals surface area contributed by atoms with Crippen molar-refractivity contribution in [3.63, 3.8) is 0 Å². The van der Waals surface area contributed by atoms with E-state index in [-0.39, 0.29) is 0 Å². The summed E-state index contributed by atoms with van der Waals surface area (Å²) in [6, 6.07) is 0. The minimum Gasteiger partial charge on any atom is -0.446 e. The first-order valence-corrected chi connectivity index (χ1v) is 3.67. The number of aromatic nitrogens is 1. The maximum absolute atomic E-state index is 5.34. The van der Waals surface area contributed by atoms with Crippen molar-refractivity contribution in [3.05, 3.63) is 17.3 Å². The molecule has 1 aromatic heterocycles. The van der Waals surface area contributed by atoms with Crippen molar-refractivity contribution in [3.8, 4) is 0 Å². The predicted octanol–water partition coefficient (Wildman–Crippen LogP) is 2.24. The average molecular weight is 139 g/mol. The van der Waals surface area contributed by atoms with Gasteiger partial charge in [0.05, 0.1) is 5.69 Å². The SMILES string of the molecule is CCCc1oc(C)nc1C. The lowest BCUT2D eigenvalue weighted by Gasteiger charge is -1.89. The quantitative estimate of drug-likeness (QED) is 0.628. The van der Waals surface area contributed by atoms with Crippen molar-refractivity contribution >= 4 is 0 Å². The summed E-state index contributed by atoms with van der Waals surface area (Å²) in [5.74, 6) is 1.82. The van der Waals surface area contributed by atoms with Crippen LogP contribution in [0.3, 0.4) is 0 Å². The lowest BCUT2D eigenvalue weighted by atomic mass is 10.2. The summed E-state index contributed by atoms with van der Waals surface area (Å²) >= 11 is 0. The van der Waals surface area contributed by atoms with Gasteiger partial charge in [0, 0.05) is 13.3 Å². The molecule has 56 valence electrons. The van der Waals surface area contributed by atoms with E-state index < -0.39 is 0 Å². The van der Waals surface area contributed by atoms with Crippen LogP contribution in [0.25, 0.3) is 0 Å². The number of hydrogen-bond donors (Lipinski definition) is 0. The van der Waals surface area contributed by atoms with Gasteiger partial charge in [-0.15, -0.1) is 0 Å². The van der Waals surface area contributed by atoms with Crippen molar-refractivity contribution in [1.29, 1.82) is 0 Å². The molecule has 1 heterocycles. The van der Waals surface area contributed by atoms with Crippen LogP contribution in [0.1, 0.15) is 30.7 Å². The zero-order valence-electron chi connectivity index (χ0n) is 6.77. The Morgan fingerprint density at radius 2 is 2.10 bits per heavy atom. The van der Waals surface area contributed by atoms with Crippen LogP contribution in [0.15, 0.2) is 4.42 Å². The molecule has 0 spiro atoms. The molecule has 0 aliphatic heterocycles. The summed E-state index contributed by atoms with van der Waals surface area (Å²) in [6.45, 7) is 6.00. The molecular weight excluding hydrogens is 126 g/mol. The molecular formula is C8H13NO. The summed E-state index contributed by atoms with van der Waals surface area (Å²) in [5.41, 5.74) is 1.04. The number of aryl methyl sites for hydroxylation is 3. The van der Waals surface area contributed by atoms with E-state index in [0.717, 1.165) is 30.2 Å². The molecule has 1 aromatic rings. The lowest BCUT2D eigenvalue weighted by molar-refractivity contribution is 0.471. The Labute approximate surface area is 61.3 Å². The molecule has 0 fully saturated rings. The van der Waals surface area contributed by atoms with Gasteiger partial charge in [0.25, 0.3) is 0 Å². The molecule has 0 saturated carbocycles. The number of rotatable bonds is 2. The van der Waals surface area contributed by atoms with E-state index in [1.54, 1.807) is 0 Å². The van der Waals surface area contributed by atoms with Crippen LogP contribution in [0.4, 0.5) is 0 Å². The Morgan fingerprint density at radius 3 is 2.50 bits per heavy atom. The van der Waals surface area contributed by atoms with Crippen LogP contribution in [0, 0.1) is 13.8 Å². The Bertz CT molecular complexity index is 215. The van der Waals surface area contributed by atoms with Crippen molar-refractivity contribution in [1.82, 2.24) is 4.98 Å². The summed E-state index contributed by atoms with van der Waals surface area (Å²) in [7, 11) is 0. The van der Waals surface area contributed by atoms with E-state index in [1.807, 2.05) is 13.8 Å². The van der Waals surface area contributed by atoms with Crippen LogP contribution in [-0.4, -0.2) is 4.98 Å². The normalized spacial score (nSPS) is 10.3. The van der Waals surface area contributed by atoms with Gasteiger partial charge in [-0.1, -0.05) is 6.92 Å². The third-order valence-corrected chi connectivity index (χ3v) is 1.48. The average Bonchev–Trinajstić information content (AvgIpc) is 2.13. The van der Waals surface area contributed by atoms with Crippen molar-refractivity contribution in [2.24, 2.45) is 0 Å². The first-order chi connectivity index (χ1) is 4.74. The van der Waals surface area contributed by atoms with E-state index in [9.17, 15) is 0 Å². The maximum Gasteiger partial charge on any atom is 0.191 e. The fourth-order valence-corrected chi connectivity index (χ4v) is 1.03. The molecule has 2 heteroatoms. The fourth-order valence-electron chi connectivity index (χ4n) is 1.03. The largest absolute Gasteiger partial charge is 0.446 e. The third kappa shape index (κ3) is 1.38. The van der Waals surface area contributed by atoms with Gasteiger partial charge in [0.2, 0.25) is 0 Å². The first kappa shape index (κ1) is 7.32. The molecule has 0 unspecified atom stereocenters. The lowest BCUT2D eigenvalue weighted by Crippen LogP contribution is -1.82. The van der Waals surface area contributed by atoms with Crippen LogP contribution >= 0.6 is 0 Å². The van der Waals surface area contributed by atoms with Crippen LogP contribution in [0.2, 0.25) is 0 Å². The molecule has 0 saturated heterocycles. The summed E-state index contributed by atoms with van der Waals surface area (Å²) in [4.78, 5) is 4.16. The van der Waals surface area contributed by atoms with E-state index in [2.05, 4.69) is 11.9 Å². The number of oxazole rings is 1. The zero-order chi connectivity index (χ0) is 7.56. The maximum atomic E-state index is 5.34. The van der Waals surface area contributed by atoms with E-state index in [1.165, 1.54) is 0 Å². The van der Waals surface area contributed by atoms with Crippen LogP contribution < -0.4 is 0 Å². The van der Waals surface area contributed by atoms with E-state index in [4.69, 9.17) is 4.42 Å². The summed E-state index contributed by atoms with van der Waals surface area (Å²) in [6.07, 6.45) is 2.13. The molecule has 2 nitrogen and oxygen atoms in total. The molecule has 0 aliphatic rings. The Balaban J connectivity index is 2.81. The predicted molar refractivity (Wildman–Crippen MR) is 40.0 cm³/mol. The molecule has 10 heavy (non-hydrogen) atoms. The Kier molecular flexibility index (Phi) is 2.10. The number of hydrogen-bond acceptors (Lipinski definition) is 2. The van der Waals surface area contributed by atoms with Gasteiger partial charge >= 0.3 is 0 Å². The third-order valence-electron chi connectivity index (χ3n) is 1.48. The molecule has 0 bridgehead atoms. The number of nitrogens with zero attached hydrogens (tertiary/aromatic N) is 1. The van der Waals surface area contributed by atoms with Gasteiger partial charge in [-0.2, -0.15) is 0 Å². The Hall–Kier alpha value is -0.790. The second kappa shape index (κ2) is 2.86. The molecule has 0 radical (unpaired) electrons. The molecule has 0 aromatic carbocycles. The van der Waals surface area contributed by atoms with Crippen molar-refractivity contribution < 1.29 is 4.42 Å². The first-order valence-electron chi connectivity index (χ1n) is 3.67. The topological polar surface area (TPSA) is 26.0 Å². The highest BCUT2D eigenvalue weighted by molar-refractivity contribution is 5.06. The minimum atomic E-state index is 0.779. The highest BCUT2D eigenvalue weighted by Crippen LogP contribution is 2.10. The highest BCUT2D eigenvalue weighted by atomic mass is 16.4. The monoisotopic (exact) mass is 139 g/mol. The fraction of sp³-hybridized carbons (Fsp3) is 0.625. The minimum absolute atomic E-state index is 0.779. The summed E-state index contributed by atoms with van der Waals surface area (Å²) in [5, 5.41) is 0. The van der Waals surface area contributed by atoms with Gasteiger partial charge in [-0.25, -0.2) is 4.98 Å². The van der Waals surface area contributed by atoms with Gasteiger partial charge in [-0.3, -0.25) is 0 Å².